The van der Waals surface area contributed by atoms with Crippen LogP contribution in [-0.2, 0) is 10.2 Å². The van der Waals surface area contributed by atoms with Gasteiger partial charge in [0.15, 0.2) is 5.84 Å². The van der Waals surface area contributed by atoms with Gasteiger partial charge in [0.1, 0.15) is 5.75 Å². The second-order valence-corrected chi connectivity index (χ2v) is 8.82. The Bertz CT molecular complexity index is 828. The van der Waals surface area contributed by atoms with Crippen LogP contribution in [-0.4, -0.2) is 37.3 Å². The molecule has 0 unspecified atom stereocenters. The second-order valence-electron chi connectivity index (χ2n) is 7.48. The summed E-state index contributed by atoms with van der Waals surface area (Å²) in [6.45, 7) is 8.54. The highest BCUT2D eigenvalue weighted by atomic mass is 32.2. The van der Waals surface area contributed by atoms with Crippen LogP contribution in [0.25, 0.3) is 0 Å². The van der Waals surface area contributed by atoms with E-state index in [1.54, 1.807) is 17.0 Å². The molecule has 0 aliphatic carbocycles. The molecule has 0 atom stereocenters. The summed E-state index contributed by atoms with van der Waals surface area (Å²) in [5.41, 5.74) is 5.88. The van der Waals surface area contributed by atoms with Crippen molar-refractivity contribution in [2.45, 2.75) is 58.9 Å². The van der Waals surface area contributed by atoms with Crippen LogP contribution in [0, 0.1) is 0 Å². The first-order valence-corrected chi connectivity index (χ1v) is 10.5. The molecule has 1 aromatic rings. The molecule has 0 spiro atoms. The minimum atomic E-state index is -3.89. The number of nitrogens with two attached hydrogens (primary N) is 1. The van der Waals surface area contributed by atoms with Gasteiger partial charge in [-0.25, -0.2) is 4.79 Å². The largest absolute Gasteiger partial charge is 0.415 e. The van der Waals surface area contributed by atoms with E-state index in [2.05, 4.69) is 16.0 Å². The maximum atomic E-state index is 12.8. The van der Waals surface area contributed by atoms with Crippen molar-refractivity contribution in [3.63, 3.8) is 0 Å². The predicted octanol–water partition coefficient (Wildman–Crippen LogP) is 3.24. The Morgan fingerprint density at radius 1 is 1.26 bits per heavy atom. The number of hydrogen-bond acceptors (Lipinski definition) is 5. The lowest BCUT2D eigenvalue weighted by Crippen LogP contribution is -2.47. The lowest BCUT2D eigenvalue weighted by molar-refractivity contribution is 0.105. The highest BCUT2D eigenvalue weighted by Gasteiger charge is 2.30. The number of carbonyl (C=O) groups excluding carboxylic acids is 1. The van der Waals surface area contributed by atoms with Gasteiger partial charge in [0.2, 0.25) is 0 Å². The standard InChI is InChI=1S/C18H28N4O4S/c1-5-6-7-8-12-22(18(2,3)4)17(23)26-14-11-9-10-13-15(14)16(19)21-27(24,25)20-13/h9-11,20H,5-8,12H2,1-4H3,(H2,19,21). The first-order chi connectivity index (χ1) is 12.5. The Labute approximate surface area is 161 Å². The van der Waals surface area contributed by atoms with Gasteiger partial charge < -0.3 is 15.4 Å². The quantitative estimate of drug-likeness (QED) is 0.717. The Hall–Kier alpha value is -2.29. The molecule has 0 bridgehead atoms. The molecule has 9 heteroatoms. The van der Waals surface area contributed by atoms with Gasteiger partial charge in [-0.3, -0.25) is 4.72 Å². The number of ether oxygens (including phenoxy) is 1. The first-order valence-electron chi connectivity index (χ1n) is 9.06. The summed E-state index contributed by atoms with van der Waals surface area (Å²) in [6.07, 6.45) is 3.65. The lowest BCUT2D eigenvalue weighted by atomic mass is 10.1. The summed E-state index contributed by atoms with van der Waals surface area (Å²) in [5.74, 6) is -0.0404. The number of carbonyl (C=O) groups is 1. The molecule has 27 heavy (non-hydrogen) atoms. The van der Waals surface area contributed by atoms with E-state index in [1.165, 1.54) is 6.07 Å². The number of rotatable bonds is 6. The summed E-state index contributed by atoms with van der Waals surface area (Å²) in [6, 6.07) is 4.69. The van der Waals surface area contributed by atoms with Crippen LogP contribution in [0.2, 0.25) is 0 Å². The van der Waals surface area contributed by atoms with E-state index >= 15 is 0 Å². The van der Waals surface area contributed by atoms with E-state index in [9.17, 15) is 13.2 Å². The van der Waals surface area contributed by atoms with Crippen molar-refractivity contribution in [2.75, 3.05) is 11.3 Å². The first kappa shape index (κ1) is 21.0. The number of nitrogens with zero attached hydrogens (tertiary/aromatic N) is 2. The molecule has 0 fully saturated rings. The number of fused-ring (bicyclic) bond motifs is 1. The highest BCUT2D eigenvalue weighted by Crippen LogP contribution is 2.31. The molecule has 2 rings (SSSR count). The topological polar surface area (TPSA) is 114 Å². The lowest BCUT2D eigenvalue weighted by Gasteiger charge is -2.35. The monoisotopic (exact) mass is 396 g/mol. The molecule has 1 amide bonds. The van der Waals surface area contributed by atoms with Crippen LogP contribution in [0.1, 0.15) is 58.9 Å². The van der Waals surface area contributed by atoms with Gasteiger partial charge in [0.05, 0.1) is 11.3 Å². The molecule has 0 saturated heterocycles. The smallest absolute Gasteiger partial charge is 0.409 e. The normalized spacial score (nSPS) is 15.3. The molecule has 1 aliphatic heterocycles. The molecular weight excluding hydrogens is 368 g/mol. The molecule has 1 heterocycles. The van der Waals surface area contributed by atoms with Gasteiger partial charge in [-0.2, -0.15) is 8.42 Å². The van der Waals surface area contributed by atoms with E-state index < -0.39 is 21.8 Å². The minimum Gasteiger partial charge on any atom is -0.409 e. The number of amides is 1. The highest BCUT2D eigenvalue weighted by molar-refractivity contribution is 7.91. The van der Waals surface area contributed by atoms with E-state index in [4.69, 9.17) is 10.5 Å². The van der Waals surface area contributed by atoms with Crippen molar-refractivity contribution < 1.29 is 17.9 Å². The SMILES string of the molecule is CCCCCCN(C(=O)Oc1cccc2c1C(N)=NS(=O)(=O)N2)C(C)(C)C. The molecule has 0 aromatic heterocycles. The van der Waals surface area contributed by atoms with Gasteiger partial charge in [-0.15, -0.1) is 4.40 Å². The Morgan fingerprint density at radius 3 is 2.59 bits per heavy atom. The molecular formula is C18H28N4O4S. The van der Waals surface area contributed by atoms with Crippen molar-refractivity contribution >= 4 is 27.8 Å². The van der Waals surface area contributed by atoms with Crippen molar-refractivity contribution in [1.82, 2.24) is 4.90 Å². The summed E-state index contributed by atoms with van der Waals surface area (Å²) in [7, 11) is -3.89. The number of hydrogen-bond donors (Lipinski definition) is 2. The van der Waals surface area contributed by atoms with Gasteiger partial charge in [0, 0.05) is 12.1 Å². The van der Waals surface area contributed by atoms with Gasteiger partial charge >= 0.3 is 16.3 Å². The zero-order valence-corrected chi connectivity index (χ0v) is 17.1. The number of nitrogens with one attached hydrogen (secondary N) is 1. The van der Waals surface area contributed by atoms with Gasteiger partial charge in [-0.1, -0.05) is 32.3 Å². The molecule has 1 aromatic carbocycles. The zero-order valence-electron chi connectivity index (χ0n) is 16.3. The average molecular weight is 397 g/mol. The molecule has 1 aliphatic rings. The Balaban J connectivity index is 2.24. The molecule has 0 radical (unpaired) electrons. The van der Waals surface area contributed by atoms with Crippen molar-refractivity contribution in [3.05, 3.63) is 23.8 Å². The fourth-order valence-corrected chi connectivity index (χ4v) is 3.69. The van der Waals surface area contributed by atoms with E-state index in [0.717, 1.165) is 25.7 Å². The third-order valence-corrected chi connectivity index (χ3v) is 5.12. The van der Waals surface area contributed by atoms with Crippen molar-refractivity contribution in [3.8, 4) is 5.75 Å². The summed E-state index contributed by atoms with van der Waals surface area (Å²) < 4.78 is 34.7. The van der Waals surface area contributed by atoms with Gasteiger partial charge in [-0.05, 0) is 39.3 Å². The molecule has 0 saturated carbocycles. The fourth-order valence-electron chi connectivity index (χ4n) is 2.85. The van der Waals surface area contributed by atoms with Crippen LogP contribution < -0.4 is 15.2 Å². The van der Waals surface area contributed by atoms with Crippen LogP contribution in [0.15, 0.2) is 22.6 Å². The number of unbranched alkanes of at least 4 members (excludes halogenated alkanes) is 3. The fraction of sp³-hybridized carbons (Fsp3) is 0.556. The number of anilines is 1. The molecule has 8 nitrogen and oxygen atoms in total. The predicted molar refractivity (Wildman–Crippen MR) is 106 cm³/mol. The zero-order chi connectivity index (χ0) is 20.2. The van der Waals surface area contributed by atoms with Crippen molar-refractivity contribution in [2.24, 2.45) is 10.1 Å². The van der Waals surface area contributed by atoms with Crippen LogP contribution in [0.4, 0.5) is 10.5 Å². The van der Waals surface area contributed by atoms with Crippen LogP contribution >= 0.6 is 0 Å². The van der Waals surface area contributed by atoms with Crippen molar-refractivity contribution in [1.29, 1.82) is 0 Å². The maximum Gasteiger partial charge on any atom is 0.415 e. The molecule has 3 N–H and O–H groups in total. The minimum absolute atomic E-state index is 0.170. The van der Waals surface area contributed by atoms with Gasteiger partial charge in [0.25, 0.3) is 0 Å². The third-order valence-electron chi connectivity index (χ3n) is 4.20. The Morgan fingerprint density at radius 2 is 1.96 bits per heavy atom. The third kappa shape index (κ3) is 5.35. The number of amidine groups is 1. The second kappa shape index (κ2) is 8.16. The van der Waals surface area contributed by atoms with Crippen LogP contribution in [0.3, 0.4) is 0 Å². The summed E-state index contributed by atoms with van der Waals surface area (Å²) >= 11 is 0. The van der Waals surface area contributed by atoms with E-state index in [-0.39, 0.29) is 22.8 Å². The summed E-state index contributed by atoms with van der Waals surface area (Å²) in [5, 5.41) is 0. The van der Waals surface area contributed by atoms with E-state index in [0.29, 0.717) is 6.54 Å². The maximum absolute atomic E-state index is 12.8. The van der Waals surface area contributed by atoms with E-state index in [1.807, 2.05) is 20.8 Å². The molecule has 150 valence electrons. The number of benzene rings is 1. The van der Waals surface area contributed by atoms with Crippen LogP contribution in [0.5, 0.6) is 5.75 Å². The summed E-state index contributed by atoms with van der Waals surface area (Å²) in [4.78, 5) is 14.5. The average Bonchev–Trinajstić information content (AvgIpc) is 2.51. The Kier molecular flexibility index (Phi) is 6.35.